The number of likely N-dealkylation sites (N-methyl/N-ethyl adjacent to an activating group) is 1. The van der Waals surface area contributed by atoms with E-state index in [1.165, 1.54) is 28.2 Å². The molecule has 10 nitrogen and oxygen atoms in total. The maximum absolute atomic E-state index is 10.6. The van der Waals surface area contributed by atoms with Crippen LogP contribution < -0.4 is 0 Å². The Balaban J connectivity index is 0.000000325. The lowest BCUT2D eigenvalue weighted by molar-refractivity contribution is -0.193. The summed E-state index contributed by atoms with van der Waals surface area (Å²) < 4.78 is 97.7. The van der Waals surface area contributed by atoms with Crippen LogP contribution in [0.2, 0.25) is 0 Å². The van der Waals surface area contributed by atoms with E-state index in [4.69, 9.17) is 34.7 Å². The maximum Gasteiger partial charge on any atom is 0.490 e. The van der Waals surface area contributed by atoms with Gasteiger partial charge in [0.05, 0.1) is 17.4 Å². The topological polar surface area (TPSA) is 136 Å². The van der Waals surface area contributed by atoms with Crippen molar-refractivity contribution in [3.63, 3.8) is 0 Å². The molecule has 4 heterocycles. The molecule has 1 fully saturated rings. The fourth-order valence-electron chi connectivity index (χ4n) is 4.89. The number of piperidine rings is 1. The molecule has 1 aromatic carbocycles. The molecule has 0 bridgehead atoms. The number of thiophene rings is 1. The summed E-state index contributed by atoms with van der Waals surface area (Å²) in [5.41, 5.74) is 5.37. The molecule has 2 aromatic heterocycles. The average molecular weight is 735 g/mol. The molecule has 20 heteroatoms. The predicted octanol–water partition coefficient (Wildman–Crippen LogP) is 6.26. The van der Waals surface area contributed by atoms with Crippen molar-refractivity contribution in [2.45, 2.75) is 56.9 Å². The minimum absolute atomic E-state index is 0.0757. The van der Waals surface area contributed by atoms with Crippen LogP contribution in [0.4, 0.5) is 39.5 Å². The molecule has 0 unspecified atom stereocenters. The van der Waals surface area contributed by atoms with E-state index in [0.717, 1.165) is 45.6 Å². The van der Waals surface area contributed by atoms with Gasteiger partial charge >= 0.3 is 36.4 Å². The molecule has 49 heavy (non-hydrogen) atoms. The average Bonchev–Trinajstić information content (AvgIpc) is 3.67. The largest absolute Gasteiger partial charge is 0.490 e. The Hall–Kier alpha value is -4.17. The number of alkyl halides is 9. The Morgan fingerprint density at radius 2 is 1.27 bits per heavy atom. The first kappa shape index (κ1) is 41.0. The van der Waals surface area contributed by atoms with Crippen molar-refractivity contribution >= 4 is 29.2 Å². The molecule has 0 atom stereocenters. The molecular formula is C29H31F9N4O6S. The maximum atomic E-state index is 10.6. The van der Waals surface area contributed by atoms with Crippen molar-refractivity contribution in [2.75, 3.05) is 26.7 Å². The molecule has 2 aliphatic heterocycles. The zero-order valence-corrected chi connectivity index (χ0v) is 26.6. The molecule has 0 amide bonds. The number of hydrogen-bond acceptors (Lipinski definition) is 7. The Bertz CT molecular complexity index is 1470. The van der Waals surface area contributed by atoms with Crippen LogP contribution in [0.3, 0.4) is 0 Å². The summed E-state index contributed by atoms with van der Waals surface area (Å²) in [6.07, 6.45) is -10.9. The third-order valence-electron chi connectivity index (χ3n) is 7.41. The quantitative estimate of drug-likeness (QED) is 0.267. The third kappa shape index (κ3) is 11.7. The van der Waals surface area contributed by atoms with E-state index >= 15 is 0 Å². The first-order valence-electron chi connectivity index (χ1n) is 14.0. The van der Waals surface area contributed by atoms with Gasteiger partial charge in [0, 0.05) is 32.7 Å². The van der Waals surface area contributed by atoms with Gasteiger partial charge in [-0.05, 0) is 54.8 Å². The highest BCUT2D eigenvalue weighted by Crippen LogP contribution is 2.41. The smallest absolute Gasteiger partial charge is 0.475 e. The van der Waals surface area contributed by atoms with Crippen molar-refractivity contribution in [3.8, 4) is 11.3 Å². The SMILES string of the molecule is Cc1ccc(-c2cnc3n2CCN(C)C32CCN(Cc3ccsc3)CC2)cc1.O=C(O)C(F)(F)F.O=C(O)C(F)(F)F.O=C(O)C(F)(F)F. The summed E-state index contributed by atoms with van der Waals surface area (Å²) >= 11 is 1.79. The molecule has 3 aromatic rings. The van der Waals surface area contributed by atoms with Crippen molar-refractivity contribution in [3.05, 3.63) is 64.2 Å². The van der Waals surface area contributed by atoms with E-state index in [9.17, 15) is 39.5 Å². The standard InChI is InChI=1S/C23H28N4S.3C2HF3O2/c1-18-3-5-20(6-4-18)21-15-24-22-23(25(2)12-13-27(21)22)8-10-26(11-9-23)16-19-7-14-28-17-19;3*3-2(4,5)1(6)7/h3-7,14-15,17H,8-13,16H2,1-2H3;3*(H,6,7). The minimum atomic E-state index is -5.08. The van der Waals surface area contributed by atoms with Crippen molar-refractivity contribution in [2.24, 2.45) is 0 Å². The van der Waals surface area contributed by atoms with Crippen LogP contribution in [0.5, 0.6) is 0 Å². The zero-order chi connectivity index (χ0) is 37.4. The van der Waals surface area contributed by atoms with Crippen molar-refractivity contribution in [1.29, 1.82) is 0 Å². The number of imidazole rings is 1. The van der Waals surface area contributed by atoms with Crippen molar-refractivity contribution in [1.82, 2.24) is 19.4 Å². The number of aromatic nitrogens is 2. The summed E-state index contributed by atoms with van der Waals surface area (Å²) in [6.45, 7) is 7.60. The van der Waals surface area contributed by atoms with E-state index in [2.05, 4.69) is 75.6 Å². The van der Waals surface area contributed by atoms with Gasteiger partial charge in [0.2, 0.25) is 0 Å². The predicted molar refractivity (Wildman–Crippen MR) is 157 cm³/mol. The summed E-state index contributed by atoms with van der Waals surface area (Å²) in [6, 6.07) is 11.1. The van der Waals surface area contributed by atoms with E-state index in [1.54, 1.807) is 11.3 Å². The van der Waals surface area contributed by atoms with Crippen LogP contribution in [0.25, 0.3) is 11.3 Å². The van der Waals surface area contributed by atoms with Gasteiger partial charge in [-0.25, -0.2) is 19.4 Å². The highest BCUT2D eigenvalue weighted by molar-refractivity contribution is 7.07. The first-order chi connectivity index (χ1) is 22.5. The van der Waals surface area contributed by atoms with Crippen LogP contribution in [0.1, 0.15) is 29.8 Å². The van der Waals surface area contributed by atoms with E-state index < -0.39 is 36.4 Å². The number of rotatable bonds is 3. The molecule has 272 valence electrons. The second kappa shape index (κ2) is 16.5. The number of hydrogen-bond donors (Lipinski definition) is 3. The second-order valence-electron chi connectivity index (χ2n) is 10.8. The van der Waals surface area contributed by atoms with Gasteiger partial charge in [-0.3, -0.25) is 9.80 Å². The van der Waals surface area contributed by atoms with Gasteiger partial charge < -0.3 is 19.9 Å². The molecule has 3 N–H and O–H groups in total. The number of carboxylic acid groups (broad SMARTS) is 3. The van der Waals surface area contributed by atoms with Crippen LogP contribution in [0, 0.1) is 6.92 Å². The molecule has 0 radical (unpaired) electrons. The van der Waals surface area contributed by atoms with Gasteiger partial charge in [-0.1, -0.05) is 29.8 Å². The second-order valence-corrected chi connectivity index (χ2v) is 11.5. The first-order valence-corrected chi connectivity index (χ1v) is 14.9. The molecule has 0 aliphatic carbocycles. The Morgan fingerprint density at radius 1 is 0.796 bits per heavy atom. The number of likely N-dealkylation sites (tertiary alicyclic amines) is 1. The highest BCUT2D eigenvalue weighted by Gasteiger charge is 2.45. The summed E-state index contributed by atoms with van der Waals surface area (Å²) in [5.74, 6) is -7.00. The lowest BCUT2D eigenvalue weighted by Gasteiger charge is -2.49. The lowest BCUT2D eigenvalue weighted by atomic mass is 9.83. The van der Waals surface area contributed by atoms with Gasteiger partial charge in [0.25, 0.3) is 0 Å². The number of aliphatic carboxylic acids is 3. The van der Waals surface area contributed by atoms with Crippen LogP contribution in [-0.2, 0) is 33.0 Å². The molecule has 1 saturated heterocycles. The minimum Gasteiger partial charge on any atom is -0.475 e. The van der Waals surface area contributed by atoms with Crippen LogP contribution >= 0.6 is 11.3 Å². The van der Waals surface area contributed by atoms with Gasteiger partial charge in [-0.15, -0.1) is 0 Å². The van der Waals surface area contributed by atoms with Crippen molar-refractivity contribution < 1.29 is 69.2 Å². The highest BCUT2D eigenvalue weighted by atomic mass is 32.1. The van der Waals surface area contributed by atoms with E-state index in [-0.39, 0.29) is 5.54 Å². The number of carbonyl (C=O) groups is 3. The van der Waals surface area contributed by atoms with E-state index in [1.807, 2.05) is 0 Å². The van der Waals surface area contributed by atoms with E-state index in [0.29, 0.717) is 0 Å². The monoisotopic (exact) mass is 734 g/mol. The molecule has 0 saturated carbocycles. The lowest BCUT2D eigenvalue weighted by Crippen LogP contribution is -2.56. The Morgan fingerprint density at radius 3 is 1.67 bits per heavy atom. The van der Waals surface area contributed by atoms with Crippen LogP contribution in [-0.4, -0.2) is 97.8 Å². The number of fused-ring (bicyclic) bond motifs is 2. The molecule has 1 spiro atoms. The van der Waals surface area contributed by atoms with Crippen LogP contribution in [0.15, 0.2) is 47.3 Å². The fourth-order valence-corrected chi connectivity index (χ4v) is 5.55. The number of carboxylic acids is 3. The zero-order valence-electron chi connectivity index (χ0n) is 25.7. The summed E-state index contributed by atoms with van der Waals surface area (Å²) in [4.78, 5) is 36.8. The molecule has 2 aliphatic rings. The third-order valence-corrected chi connectivity index (χ3v) is 8.14. The fraction of sp³-hybridized carbons (Fsp3) is 0.448. The van der Waals surface area contributed by atoms with Gasteiger partial charge in [0.15, 0.2) is 0 Å². The summed E-state index contributed by atoms with van der Waals surface area (Å²) in [5, 5.41) is 25.8. The normalized spacial score (nSPS) is 16.1. The molecule has 5 rings (SSSR count). The van der Waals surface area contributed by atoms with Gasteiger partial charge in [0.1, 0.15) is 5.82 Å². The number of aryl methyl sites for hydroxylation is 1. The number of halogens is 9. The molecular weight excluding hydrogens is 703 g/mol. The Labute approximate surface area is 277 Å². The number of nitrogens with zero attached hydrogens (tertiary/aromatic N) is 4. The Kier molecular flexibility index (Phi) is 13.8. The van der Waals surface area contributed by atoms with Gasteiger partial charge in [-0.2, -0.15) is 50.9 Å². The summed E-state index contributed by atoms with van der Waals surface area (Å²) in [7, 11) is 2.29. The number of benzene rings is 1.